The van der Waals surface area contributed by atoms with Crippen LogP contribution < -0.4 is 5.32 Å². The normalized spacial score (nSPS) is 20.0. The van der Waals surface area contributed by atoms with Crippen LogP contribution in [-0.2, 0) is 11.2 Å². The number of halogens is 1. The van der Waals surface area contributed by atoms with E-state index >= 15 is 0 Å². The number of benzene rings is 2. The number of nitrogens with one attached hydrogen (secondary N) is 1. The van der Waals surface area contributed by atoms with E-state index in [1.165, 1.54) is 17.7 Å². The summed E-state index contributed by atoms with van der Waals surface area (Å²) in [5.74, 6) is -0.221. The van der Waals surface area contributed by atoms with Crippen molar-refractivity contribution in [1.82, 2.24) is 10.2 Å². The summed E-state index contributed by atoms with van der Waals surface area (Å²) < 4.78 is 18.9. The molecule has 1 aliphatic heterocycles. The number of ether oxygens (including phenoxy) is 1. The van der Waals surface area contributed by atoms with Gasteiger partial charge < -0.3 is 10.1 Å². The van der Waals surface area contributed by atoms with Gasteiger partial charge in [0, 0.05) is 19.1 Å². The second-order valence-electron chi connectivity index (χ2n) is 6.44. The summed E-state index contributed by atoms with van der Waals surface area (Å²) in [6.45, 7) is 0.735. The average molecular weight is 369 g/mol. The monoisotopic (exact) mass is 369 g/mol. The number of anilines is 1. The Bertz CT molecular complexity index is 838. The maximum atomic E-state index is 13.0. The lowest BCUT2D eigenvalue weighted by Crippen LogP contribution is -2.30. The minimum Gasteiger partial charge on any atom is -0.373 e. The molecule has 0 aliphatic carbocycles. The zero-order valence-corrected chi connectivity index (χ0v) is 15.1. The molecule has 1 aromatic heterocycles. The summed E-state index contributed by atoms with van der Waals surface area (Å²) in [5.41, 5.74) is 2.25. The van der Waals surface area contributed by atoms with E-state index in [2.05, 4.69) is 27.6 Å². The van der Waals surface area contributed by atoms with E-state index in [4.69, 9.17) is 4.74 Å². The van der Waals surface area contributed by atoms with Crippen molar-refractivity contribution in [2.24, 2.45) is 0 Å². The van der Waals surface area contributed by atoms with Crippen molar-refractivity contribution >= 4 is 16.5 Å². The molecule has 26 heavy (non-hydrogen) atoms. The summed E-state index contributed by atoms with van der Waals surface area (Å²) in [6, 6.07) is 17.2. The van der Waals surface area contributed by atoms with Crippen LogP contribution in [0.1, 0.15) is 35.1 Å². The van der Waals surface area contributed by atoms with Gasteiger partial charge in [0.15, 0.2) is 0 Å². The Labute approximate surface area is 156 Å². The molecule has 0 saturated carbocycles. The number of hydrogen-bond acceptors (Lipinski definition) is 5. The fraction of sp³-hybridized carbons (Fsp3) is 0.300. The van der Waals surface area contributed by atoms with Gasteiger partial charge in [0.25, 0.3) is 0 Å². The minimum absolute atomic E-state index is 0.119. The van der Waals surface area contributed by atoms with E-state index in [0.717, 1.165) is 35.2 Å². The number of nitrogens with zero attached hydrogens (tertiary/aromatic N) is 2. The molecule has 3 aromatic rings. The second-order valence-corrected chi connectivity index (χ2v) is 7.50. The van der Waals surface area contributed by atoms with Crippen molar-refractivity contribution in [3.8, 4) is 0 Å². The van der Waals surface area contributed by atoms with E-state index < -0.39 is 0 Å². The molecule has 1 saturated heterocycles. The van der Waals surface area contributed by atoms with E-state index in [1.807, 2.05) is 18.2 Å². The predicted molar refractivity (Wildman–Crippen MR) is 101 cm³/mol. The third-order valence-corrected chi connectivity index (χ3v) is 5.37. The third kappa shape index (κ3) is 4.26. The largest absolute Gasteiger partial charge is 0.373 e. The van der Waals surface area contributed by atoms with Crippen molar-refractivity contribution in [2.45, 2.75) is 31.4 Å². The van der Waals surface area contributed by atoms with Gasteiger partial charge in [-0.2, -0.15) is 0 Å². The Morgan fingerprint density at radius 1 is 1.08 bits per heavy atom. The molecule has 2 atom stereocenters. The first-order valence-electron chi connectivity index (χ1n) is 8.76. The molecular weight excluding hydrogens is 349 g/mol. The fourth-order valence-electron chi connectivity index (χ4n) is 3.16. The van der Waals surface area contributed by atoms with Crippen LogP contribution in [-0.4, -0.2) is 22.8 Å². The Morgan fingerprint density at radius 2 is 1.88 bits per heavy atom. The van der Waals surface area contributed by atoms with Crippen LogP contribution in [0.25, 0.3) is 0 Å². The maximum absolute atomic E-state index is 13.0. The first kappa shape index (κ1) is 17.1. The molecule has 0 radical (unpaired) electrons. The van der Waals surface area contributed by atoms with Gasteiger partial charge in [0.1, 0.15) is 10.8 Å². The summed E-state index contributed by atoms with van der Waals surface area (Å²) >= 11 is 1.55. The van der Waals surface area contributed by atoms with Gasteiger partial charge >= 0.3 is 0 Å². The maximum Gasteiger partial charge on any atom is 0.205 e. The average Bonchev–Trinajstić information content (AvgIpc) is 3.11. The van der Waals surface area contributed by atoms with Gasteiger partial charge in [-0.05, 0) is 36.1 Å². The molecule has 0 spiro atoms. The molecule has 4 nitrogen and oxygen atoms in total. The lowest BCUT2D eigenvalue weighted by Gasteiger charge is -2.30. The Kier molecular flexibility index (Phi) is 5.22. The standard InChI is InChI=1S/C20H20FN3OS/c21-16-8-6-14(7-9-16)12-19-23-24-20(26-19)22-17-10-11-25-18(13-17)15-4-2-1-3-5-15/h1-9,17-18H,10-13H2,(H,22,24). The van der Waals surface area contributed by atoms with E-state index in [0.29, 0.717) is 12.5 Å². The van der Waals surface area contributed by atoms with Gasteiger partial charge in [0.05, 0.1) is 6.10 Å². The summed E-state index contributed by atoms with van der Waals surface area (Å²) in [4.78, 5) is 0. The van der Waals surface area contributed by atoms with Gasteiger partial charge in [-0.1, -0.05) is 53.8 Å². The Morgan fingerprint density at radius 3 is 2.69 bits per heavy atom. The van der Waals surface area contributed by atoms with Crippen LogP contribution in [0.2, 0.25) is 0 Å². The van der Waals surface area contributed by atoms with Crippen molar-refractivity contribution in [2.75, 3.05) is 11.9 Å². The summed E-state index contributed by atoms with van der Waals surface area (Å²) in [5, 5.41) is 13.8. The van der Waals surface area contributed by atoms with Gasteiger partial charge in [-0.3, -0.25) is 0 Å². The third-order valence-electron chi connectivity index (χ3n) is 4.52. The molecule has 0 bridgehead atoms. The molecule has 1 N–H and O–H groups in total. The molecule has 1 fully saturated rings. The van der Waals surface area contributed by atoms with Crippen LogP contribution >= 0.6 is 11.3 Å². The number of aromatic nitrogens is 2. The highest BCUT2D eigenvalue weighted by Gasteiger charge is 2.24. The van der Waals surface area contributed by atoms with Crippen molar-refractivity contribution in [3.05, 3.63) is 76.5 Å². The van der Waals surface area contributed by atoms with Crippen LogP contribution in [0, 0.1) is 5.82 Å². The SMILES string of the molecule is Fc1ccc(Cc2nnc(NC3CCOC(c4ccccc4)C3)s2)cc1. The highest BCUT2D eigenvalue weighted by molar-refractivity contribution is 7.15. The smallest absolute Gasteiger partial charge is 0.205 e. The highest BCUT2D eigenvalue weighted by atomic mass is 32.1. The quantitative estimate of drug-likeness (QED) is 0.714. The molecule has 4 rings (SSSR count). The van der Waals surface area contributed by atoms with Crippen LogP contribution in [0.4, 0.5) is 9.52 Å². The lowest BCUT2D eigenvalue weighted by atomic mass is 9.98. The van der Waals surface area contributed by atoms with Gasteiger partial charge in [-0.15, -0.1) is 10.2 Å². The molecule has 2 heterocycles. The molecule has 2 aromatic carbocycles. The molecule has 1 aliphatic rings. The van der Waals surface area contributed by atoms with Crippen LogP contribution in [0.3, 0.4) is 0 Å². The first-order valence-corrected chi connectivity index (χ1v) is 9.58. The Hall–Kier alpha value is -2.31. The highest BCUT2D eigenvalue weighted by Crippen LogP contribution is 2.30. The van der Waals surface area contributed by atoms with Crippen molar-refractivity contribution < 1.29 is 9.13 Å². The van der Waals surface area contributed by atoms with Gasteiger partial charge in [0.2, 0.25) is 5.13 Å². The van der Waals surface area contributed by atoms with E-state index in [9.17, 15) is 4.39 Å². The Balaban J connectivity index is 1.37. The number of hydrogen-bond donors (Lipinski definition) is 1. The zero-order chi connectivity index (χ0) is 17.8. The lowest BCUT2D eigenvalue weighted by molar-refractivity contribution is 0.00979. The molecule has 6 heteroatoms. The summed E-state index contributed by atoms with van der Waals surface area (Å²) in [6.07, 6.45) is 2.65. The van der Waals surface area contributed by atoms with Crippen LogP contribution in [0.15, 0.2) is 54.6 Å². The van der Waals surface area contributed by atoms with Crippen molar-refractivity contribution in [3.63, 3.8) is 0 Å². The fourth-order valence-corrected chi connectivity index (χ4v) is 4.01. The zero-order valence-electron chi connectivity index (χ0n) is 14.3. The molecule has 134 valence electrons. The number of rotatable bonds is 5. The first-order chi connectivity index (χ1) is 12.8. The molecular formula is C20H20FN3OS. The summed E-state index contributed by atoms with van der Waals surface area (Å²) in [7, 11) is 0. The minimum atomic E-state index is -0.221. The molecule has 0 amide bonds. The van der Waals surface area contributed by atoms with Gasteiger partial charge in [-0.25, -0.2) is 4.39 Å². The van der Waals surface area contributed by atoms with Crippen molar-refractivity contribution in [1.29, 1.82) is 0 Å². The predicted octanol–water partition coefficient (Wildman–Crippen LogP) is 4.60. The van der Waals surface area contributed by atoms with Crippen LogP contribution in [0.5, 0.6) is 0 Å². The van der Waals surface area contributed by atoms with E-state index in [1.54, 1.807) is 23.5 Å². The molecule has 2 unspecified atom stereocenters. The van der Waals surface area contributed by atoms with E-state index in [-0.39, 0.29) is 11.9 Å². The second kappa shape index (κ2) is 7.93. The topological polar surface area (TPSA) is 47.0 Å².